The van der Waals surface area contributed by atoms with Gasteiger partial charge in [-0.15, -0.1) is 0 Å². The van der Waals surface area contributed by atoms with Gasteiger partial charge in [0.05, 0.1) is 6.61 Å². The lowest BCUT2D eigenvalue weighted by molar-refractivity contribution is -0.396. The quantitative estimate of drug-likeness (QED) is 0.304. The summed E-state index contributed by atoms with van der Waals surface area (Å²) in [6.07, 6.45) is -7.43. The number of aliphatic hydroxyl groups is 4. The summed E-state index contributed by atoms with van der Waals surface area (Å²) in [5, 5.41) is 39.0. The Kier molecular flexibility index (Phi) is 4.46. The summed E-state index contributed by atoms with van der Waals surface area (Å²) in [5.41, 5.74) is 5.49. The molecular formula is C11H17NO9. The van der Waals surface area contributed by atoms with E-state index in [1.54, 1.807) is 0 Å². The second-order valence-corrected chi connectivity index (χ2v) is 4.93. The van der Waals surface area contributed by atoms with Gasteiger partial charge >= 0.3 is 17.7 Å². The molecule has 6 N–H and O–H groups in total. The number of esters is 2. The molecule has 0 amide bonds. The van der Waals surface area contributed by atoms with Crippen LogP contribution in [-0.2, 0) is 23.8 Å². The monoisotopic (exact) mass is 307 g/mol. The van der Waals surface area contributed by atoms with E-state index in [9.17, 15) is 24.9 Å². The zero-order chi connectivity index (χ0) is 15.8. The fourth-order valence-electron chi connectivity index (χ4n) is 2.11. The van der Waals surface area contributed by atoms with Crippen molar-refractivity contribution in [3.05, 3.63) is 0 Å². The number of ether oxygens (including phenoxy) is 3. The second-order valence-electron chi connectivity index (χ2n) is 4.93. The van der Waals surface area contributed by atoms with Crippen molar-refractivity contribution in [2.24, 2.45) is 5.73 Å². The Balaban J connectivity index is 2.34. The summed E-state index contributed by atoms with van der Waals surface area (Å²) in [7, 11) is 0. The zero-order valence-electron chi connectivity index (χ0n) is 10.9. The maximum Gasteiger partial charge on any atom is 0.325 e. The van der Waals surface area contributed by atoms with E-state index in [2.05, 4.69) is 0 Å². The highest BCUT2D eigenvalue weighted by atomic mass is 16.8. The van der Waals surface area contributed by atoms with Crippen LogP contribution in [0.1, 0.15) is 12.8 Å². The number of aliphatic hydroxyl groups excluding tert-OH is 3. The molecule has 120 valence electrons. The van der Waals surface area contributed by atoms with Gasteiger partial charge in [-0.05, 0) is 6.42 Å². The van der Waals surface area contributed by atoms with Crippen molar-refractivity contribution in [2.45, 2.75) is 49.3 Å². The van der Waals surface area contributed by atoms with E-state index in [1.807, 2.05) is 0 Å². The summed E-state index contributed by atoms with van der Waals surface area (Å²) >= 11 is 0. The van der Waals surface area contributed by atoms with E-state index in [0.717, 1.165) is 0 Å². The minimum atomic E-state index is -2.79. The molecule has 0 aromatic carbocycles. The molecule has 6 atom stereocenters. The van der Waals surface area contributed by atoms with Gasteiger partial charge in [-0.25, -0.2) is 0 Å². The van der Waals surface area contributed by atoms with Gasteiger partial charge in [0.25, 0.3) is 6.29 Å². The molecule has 2 aliphatic rings. The minimum Gasteiger partial charge on any atom is -0.427 e. The van der Waals surface area contributed by atoms with E-state index < -0.39 is 55.0 Å². The van der Waals surface area contributed by atoms with E-state index >= 15 is 0 Å². The summed E-state index contributed by atoms with van der Waals surface area (Å²) < 4.78 is 14.5. The number of carbonyl (C=O) groups is 2. The van der Waals surface area contributed by atoms with Crippen LogP contribution in [0.2, 0.25) is 0 Å². The van der Waals surface area contributed by atoms with E-state index in [0.29, 0.717) is 0 Å². The molecule has 0 bridgehead atoms. The van der Waals surface area contributed by atoms with Crippen molar-refractivity contribution in [1.29, 1.82) is 0 Å². The molecule has 2 saturated heterocycles. The molecule has 0 aliphatic carbocycles. The summed E-state index contributed by atoms with van der Waals surface area (Å²) in [5.74, 6) is -4.72. The van der Waals surface area contributed by atoms with Crippen LogP contribution in [0.5, 0.6) is 0 Å². The molecule has 21 heavy (non-hydrogen) atoms. The van der Waals surface area contributed by atoms with E-state index in [4.69, 9.17) is 25.1 Å². The maximum absolute atomic E-state index is 11.7. The lowest BCUT2D eigenvalue weighted by Gasteiger charge is -2.45. The molecule has 10 nitrogen and oxygen atoms in total. The third-order valence-electron chi connectivity index (χ3n) is 3.41. The van der Waals surface area contributed by atoms with E-state index in [-0.39, 0.29) is 12.8 Å². The molecule has 0 aromatic rings. The van der Waals surface area contributed by atoms with Crippen LogP contribution in [0.15, 0.2) is 0 Å². The molecule has 0 spiro atoms. The van der Waals surface area contributed by atoms with Crippen LogP contribution in [0.3, 0.4) is 0 Å². The Morgan fingerprint density at radius 1 is 1.33 bits per heavy atom. The third-order valence-corrected chi connectivity index (χ3v) is 3.41. The normalized spacial score (nSPS) is 44.7. The van der Waals surface area contributed by atoms with Gasteiger partial charge in [0.15, 0.2) is 6.10 Å². The lowest BCUT2D eigenvalue weighted by Crippen LogP contribution is -2.69. The summed E-state index contributed by atoms with van der Waals surface area (Å²) in [4.78, 5) is 23.3. The van der Waals surface area contributed by atoms with E-state index in [1.165, 1.54) is 0 Å². The van der Waals surface area contributed by atoms with Crippen LogP contribution in [0.25, 0.3) is 0 Å². The lowest BCUT2D eigenvalue weighted by atomic mass is 9.96. The van der Waals surface area contributed by atoms with Crippen LogP contribution >= 0.6 is 0 Å². The van der Waals surface area contributed by atoms with Crippen molar-refractivity contribution < 1.29 is 44.2 Å². The standard InChI is InChI=1S/C11H17NO9/c12-4-1-2-6(14)21-11(18)8(16)7(15)5(3-13)19-10(11)20-9(4)17/h4-5,7-8,10,13,15-16,18H,1-3,12H2/t4-,5-,7-,8+,10?,11+/m1/s1. The molecule has 2 heterocycles. The average Bonchev–Trinajstić information content (AvgIpc) is 2.48. The Morgan fingerprint density at radius 3 is 2.62 bits per heavy atom. The van der Waals surface area contributed by atoms with Crippen LogP contribution in [0, 0.1) is 0 Å². The SMILES string of the molecule is N[C@@H]1CCC(=O)O[C@]2(O)C(OC1=O)O[C@H](CO)[C@@H](O)[C@@H]2O. The second kappa shape index (κ2) is 5.83. The number of hydrogen-bond acceptors (Lipinski definition) is 10. The molecule has 2 rings (SSSR count). The summed E-state index contributed by atoms with van der Waals surface area (Å²) in [6.45, 7) is -0.720. The first-order valence-corrected chi connectivity index (χ1v) is 6.32. The predicted octanol–water partition coefficient (Wildman–Crippen LogP) is -3.68. The van der Waals surface area contributed by atoms with Gasteiger partial charge < -0.3 is 40.4 Å². The largest absolute Gasteiger partial charge is 0.427 e. The molecule has 0 radical (unpaired) electrons. The first-order valence-electron chi connectivity index (χ1n) is 6.32. The highest BCUT2D eigenvalue weighted by molar-refractivity contribution is 5.78. The van der Waals surface area contributed by atoms with Gasteiger partial charge in [0.2, 0.25) is 0 Å². The molecular weight excluding hydrogens is 290 g/mol. The molecule has 2 aliphatic heterocycles. The maximum atomic E-state index is 11.7. The smallest absolute Gasteiger partial charge is 0.325 e. The van der Waals surface area contributed by atoms with Gasteiger partial charge in [0, 0.05) is 6.42 Å². The Hall–Kier alpha value is -1.30. The average molecular weight is 307 g/mol. The molecule has 0 aromatic heterocycles. The number of hydrogen-bond donors (Lipinski definition) is 5. The predicted molar refractivity (Wildman–Crippen MR) is 62.1 cm³/mol. The molecule has 1 unspecified atom stereocenters. The molecule has 0 saturated carbocycles. The fraction of sp³-hybridized carbons (Fsp3) is 0.818. The fourth-order valence-corrected chi connectivity index (χ4v) is 2.11. The summed E-state index contributed by atoms with van der Waals surface area (Å²) in [6, 6.07) is -1.14. The molecule has 2 fully saturated rings. The number of carbonyl (C=O) groups excluding carboxylic acids is 2. The Bertz CT molecular complexity index is 430. The van der Waals surface area contributed by atoms with Gasteiger partial charge in [0.1, 0.15) is 18.2 Å². The highest BCUT2D eigenvalue weighted by Gasteiger charge is 2.60. The highest BCUT2D eigenvalue weighted by Crippen LogP contribution is 2.33. The van der Waals surface area contributed by atoms with Crippen LogP contribution in [0.4, 0.5) is 0 Å². The first-order chi connectivity index (χ1) is 9.79. The van der Waals surface area contributed by atoms with Gasteiger partial charge in [-0.1, -0.05) is 0 Å². The Labute approximate surface area is 119 Å². The number of fused-ring (bicyclic) bond motifs is 1. The topological polar surface area (TPSA) is 169 Å². The van der Waals surface area contributed by atoms with Crippen molar-refractivity contribution in [3.63, 3.8) is 0 Å². The number of nitrogens with two attached hydrogens (primary N) is 1. The van der Waals surface area contributed by atoms with Crippen molar-refractivity contribution in [3.8, 4) is 0 Å². The molecule has 10 heteroatoms. The van der Waals surface area contributed by atoms with Crippen LogP contribution in [-0.4, -0.2) is 75.4 Å². The zero-order valence-corrected chi connectivity index (χ0v) is 10.9. The minimum absolute atomic E-state index is 0.0808. The Morgan fingerprint density at radius 2 is 2.00 bits per heavy atom. The van der Waals surface area contributed by atoms with Crippen LogP contribution < -0.4 is 5.73 Å². The van der Waals surface area contributed by atoms with Gasteiger partial charge in [-0.2, -0.15) is 0 Å². The van der Waals surface area contributed by atoms with Crippen molar-refractivity contribution in [2.75, 3.05) is 6.61 Å². The third kappa shape index (κ3) is 2.86. The van der Waals surface area contributed by atoms with Crippen molar-refractivity contribution >= 4 is 11.9 Å². The van der Waals surface area contributed by atoms with Gasteiger partial charge in [-0.3, -0.25) is 9.59 Å². The first kappa shape index (κ1) is 16.1. The van der Waals surface area contributed by atoms with Crippen molar-refractivity contribution in [1.82, 2.24) is 0 Å². The number of rotatable bonds is 1.